The highest BCUT2D eigenvalue weighted by Gasteiger charge is 2.14. The molecule has 0 saturated carbocycles. The van der Waals surface area contributed by atoms with E-state index in [1.54, 1.807) is 11.3 Å². The number of thioether (sulfide) groups is 1. The first-order chi connectivity index (χ1) is 11.5. The van der Waals surface area contributed by atoms with E-state index in [4.69, 9.17) is 0 Å². The number of hydrogen-bond acceptors (Lipinski definition) is 5. The van der Waals surface area contributed by atoms with Crippen LogP contribution in [0.3, 0.4) is 0 Å². The summed E-state index contributed by atoms with van der Waals surface area (Å²) < 4.78 is 26.0. The van der Waals surface area contributed by atoms with Gasteiger partial charge in [-0.25, -0.2) is 18.7 Å². The number of thiophene rings is 1. The Morgan fingerprint density at radius 2 is 2.04 bits per heavy atom. The van der Waals surface area contributed by atoms with Crippen molar-refractivity contribution in [2.75, 3.05) is 11.1 Å². The summed E-state index contributed by atoms with van der Waals surface area (Å²) in [7, 11) is 0. The van der Waals surface area contributed by atoms with Gasteiger partial charge in [0.1, 0.15) is 16.2 Å². The SMILES string of the molecule is Cc1sc2ncnc(SCC(=O)Nc3ccc(F)c(F)c3)c2c1C. The Morgan fingerprint density at radius 1 is 1.25 bits per heavy atom. The smallest absolute Gasteiger partial charge is 0.234 e. The molecule has 1 N–H and O–H groups in total. The minimum Gasteiger partial charge on any atom is -0.325 e. The molecule has 0 aliphatic carbocycles. The summed E-state index contributed by atoms with van der Waals surface area (Å²) in [6.45, 7) is 4.02. The number of amides is 1. The highest BCUT2D eigenvalue weighted by Crippen LogP contribution is 2.34. The van der Waals surface area contributed by atoms with Crippen LogP contribution in [0, 0.1) is 25.5 Å². The second-order valence-corrected chi connectivity index (χ2v) is 7.28. The van der Waals surface area contributed by atoms with E-state index < -0.39 is 11.6 Å². The lowest BCUT2D eigenvalue weighted by atomic mass is 10.2. The third-order valence-electron chi connectivity index (χ3n) is 3.47. The number of hydrogen-bond donors (Lipinski definition) is 1. The predicted octanol–water partition coefficient (Wildman–Crippen LogP) is 4.32. The number of aromatic nitrogens is 2. The number of fused-ring (bicyclic) bond motifs is 1. The van der Waals surface area contributed by atoms with E-state index >= 15 is 0 Å². The zero-order valence-electron chi connectivity index (χ0n) is 12.9. The van der Waals surface area contributed by atoms with Crippen LogP contribution in [-0.2, 0) is 4.79 Å². The van der Waals surface area contributed by atoms with Gasteiger partial charge in [0.25, 0.3) is 0 Å². The van der Waals surface area contributed by atoms with E-state index in [1.807, 2.05) is 13.8 Å². The topological polar surface area (TPSA) is 54.9 Å². The van der Waals surface area contributed by atoms with Gasteiger partial charge in [-0.15, -0.1) is 11.3 Å². The Balaban J connectivity index is 1.71. The zero-order chi connectivity index (χ0) is 17.3. The van der Waals surface area contributed by atoms with Gasteiger partial charge in [-0.1, -0.05) is 11.8 Å². The molecule has 0 atom stereocenters. The number of carbonyl (C=O) groups excluding carboxylic acids is 1. The molecule has 4 nitrogen and oxygen atoms in total. The maximum atomic E-state index is 13.2. The molecular formula is C16H13F2N3OS2. The molecule has 2 aromatic heterocycles. The molecule has 2 heterocycles. The molecule has 0 saturated heterocycles. The van der Waals surface area contributed by atoms with Crippen molar-refractivity contribution in [3.8, 4) is 0 Å². The van der Waals surface area contributed by atoms with Gasteiger partial charge in [0.05, 0.1) is 5.75 Å². The quantitative estimate of drug-likeness (QED) is 0.553. The second-order valence-electron chi connectivity index (χ2n) is 5.11. The summed E-state index contributed by atoms with van der Waals surface area (Å²) in [4.78, 5) is 22.6. The Hall–Kier alpha value is -2.06. The summed E-state index contributed by atoms with van der Waals surface area (Å²) in [5.74, 6) is -2.15. The fraction of sp³-hybridized carbons (Fsp3) is 0.188. The van der Waals surface area contributed by atoms with Crippen LogP contribution in [0.4, 0.5) is 14.5 Å². The second kappa shape index (κ2) is 6.82. The lowest BCUT2D eigenvalue weighted by Gasteiger charge is -2.06. The number of benzene rings is 1. The van der Waals surface area contributed by atoms with Crippen LogP contribution in [0.2, 0.25) is 0 Å². The normalized spacial score (nSPS) is 11.0. The molecule has 0 unspecified atom stereocenters. The van der Waals surface area contributed by atoms with Crippen molar-refractivity contribution in [1.82, 2.24) is 9.97 Å². The molecule has 0 spiro atoms. The highest BCUT2D eigenvalue weighted by molar-refractivity contribution is 8.00. The van der Waals surface area contributed by atoms with Crippen molar-refractivity contribution in [2.45, 2.75) is 18.9 Å². The van der Waals surface area contributed by atoms with E-state index in [0.29, 0.717) is 0 Å². The van der Waals surface area contributed by atoms with E-state index in [9.17, 15) is 13.6 Å². The lowest BCUT2D eigenvalue weighted by Crippen LogP contribution is -2.14. The van der Waals surface area contributed by atoms with Gasteiger partial charge in [-0.2, -0.15) is 0 Å². The van der Waals surface area contributed by atoms with Gasteiger partial charge in [-0.3, -0.25) is 4.79 Å². The van der Waals surface area contributed by atoms with Crippen molar-refractivity contribution in [1.29, 1.82) is 0 Å². The lowest BCUT2D eigenvalue weighted by molar-refractivity contribution is -0.113. The van der Waals surface area contributed by atoms with Gasteiger partial charge in [0, 0.05) is 22.0 Å². The molecule has 0 aliphatic rings. The van der Waals surface area contributed by atoms with Gasteiger partial charge in [0.2, 0.25) is 5.91 Å². The molecular weight excluding hydrogens is 352 g/mol. The first-order valence-electron chi connectivity index (χ1n) is 7.04. The first-order valence-corrected chi connectivity index (χ1v) is 8.84. The molecule has 3 aromatic rings. The van der Waals surface area contributed by atoms with Crippen molar-refractivity contribution < 1.29 is 13.6 Å². The van der Waals surface area contributed by atoms with E-state index in [2.05, 4.69) is 15.3 Å². The van der Waals surface area contributed by atoms with E-state index in [-0.39, 0.29) is 17.3 Å². The largest absolute Gasteiger partial charge is 0.325 e. The van der Waals surface area contributed by atoms with Crippen LogP contribution in [0.1, 0.15) is 10.4 Å². The number of halogens is 2. The number of nitrogens with one attached hydrogen (secondary N) is 1. The van der Waals surface area contributed by atoms with Crippen LogP contribution in [0.25, 0.3) is 10.2 Å². The number of nitrogens with zero attached hydrogens (tertiary/aromatic N) is 2. The predicted molar refractivity (Wildman–Crippen MR) is 92.6 cm³/mol. The molecule has 124 valence electrons. The molecule has 1 aromatic carbocycles. The average Bonchev–Trinajstić information content (AvgIpc) is 2.84. The molecule has 8 heteroatoms. The van der Waals surface area contributed by atoms with Crippen molar-refractivity contribution in [2.24, 2.45) is 0 Å². The minimum absolute atomic E-state index is 0.111. The molecule has 0 bridgehead atoms. The van der Waals surface area contributed by atoms with Crippen LogP contribution in [0.15, 0.2) is 29.6 Å². The molecule has 0 radical (unpaired) electrons. The summed E-state index contributed by atoms with van der Waals surface area (Å²) >= 11 is 2.88. The van der Waals surface area contributed by atoms with Crippen molar-refractivity contribution >= 4 is 44.9 Å². The summed E-state index contributed by atoms with van der Waals surface area (Å²) in [5.41, 5.74) is 1.33. The number of anilines is 1. The van der Waals surface area contributed by atoms with Gasteiger partial charge in [-0.05, 0) is 31.5 Å². The van der Waals surface area contributed by atoms with Crippen LogP contribution >= 0.6 is 23.1 Å². The van der Waals surface area contributed by atoms with E-state index in [1.165, 1.54) is 29.0 Å². The Labute approximate surface area is 145 Å². The monoisotopic (exact) mass is 365 g/mol. The van der Waals surface area contributed by atoms with Gasteiger partial charge < -0.3 is 5.32 Å². The standard InChI is InChI=1S/C16H13F2N3OS2/c1-8-9(2)24-16-14(8)15(19-7-20-16)23-6-13(22)21-10-3-4-11(17)12(18)5-10/h3-5,7H,6H2,1-2H3,(H,21,22). The summed E-state index contributed by atoms with van der Waals surface area (Å²) in [6.07, 6.45) is 1.48. The highest BCUT2D eigenvalue weighted by atomic mass is 32.2. The van der Waals surface area contributed by atoms with Gasteiger partial charge in [0.15, 0.2) is 11.6 Å². The molecule has 0 aliphatic heterocycles. The maximum Gasteiger partial charge on any atom is 0.234 e. The van der Waals surface area contributed by atoms with E-state index in [0.717, 1.165) is 32.9 Å². The molecule has 3 rings (SSSR count). The minimum atomic E-state index is -0.998. The molecule has 0 fully saturated rings. The van der Waals surface area contributed by atoms with Crippen LogP contribution < -0.4 is 5.32 Å². The van der Waals surface area contributed by atoms with Crippen LogP contribution in [0.5, 0.6) is 0 Å². The molecule has 1 amide bonds. The maximum absolute atomic E-state index is 13.2. The molecule has 24 heavy (non-hydrogen) atoms. The fourth-order valence-electron chi connectivity index (χ4n) is 2.16. The Bertz CT molecular complexity index is 927. The Kier molecular flexibility index (Phi) is 4.77. The average molecular weight is 365 g/mol. The first kappa shape index (κ1) is 16.8. The van der Waals surface area contributed by atoms with Crippen molar-refractivity contribution in [3.05, 3.63) is 46.6 Å². The fourth-order valence-corrected chi connectivity index (χ4v) is 4.08. The Morgan fingerprint density at radius 3 is 2.79 bits per heavy atom. The number of carbonyl (C=O) groups is 1. The third kappa shape index (κ3) is 3.39. The summed E-state index contributed by atoms with van der Waals surface area (Å²) in [5, 5.41) is 4.24. The third-order valence-corrected chi connectivity index (χ3v) is 5.58. The zero-order valence-corrected chi connectivity index (χ0v) is 14.5. The number of aryl methyl sites for hydroxylation is 2. The van der Waals surface area contributed by atoms with Crippen LogP contribution in [-0.4, -0.2) is 21.6 Å². The summed E-state index contributed by atoms with van der Waals surface area (Å²) in [6, 6.07) is 3.24. The number of rotatable bonds is 4. The van der Waals surface area contributed by atoms with Crippen molar-refractivity contribution in [3.63, 3.8) is 0 Å². The van der Waals surface area contributed by atoms with Gasteiger partial charge >= 0.3 is 0 Å².